The molecule has 2 N–H and O–H groups in total. The summed E-state index contributed by atoms with van der Waals surface area (Å²) in [4.78, 5) is 11.6. The van der Waals surface area contributed by atoms with E-state index in [9.17, 15) is 9.90 Å². The van der Waals surface area contributed by atoms with Gasteiger partial charge in [0.1, 0.15) is 5.75 Å². The molecule has 19 heavy (non-hydrogen) atoms. The van der Waals surface area contributed by atoms with Gasteiger partial charge in [-0.3, -0.25) is 4.79 Å². The van der Waals surface area contributed by atoms with Crippen molar-refractivity contribution in [3.63, 3.8) is 0 Å². The van der Waals surface area contributed by atoms with Crippen molar-refractivity contribution in [2.75, 3.05) is 13.2 Å². The lowest BCUT2D eigenvalue weighted by Crippen LogP contribution is -2.35. The number of carbonyl (C=O) groups excluding carboxylic acids is 1. The quantitative estimate of drug-likeness (QED) is 0.792. The summed E-state index contributed by atoms with van der Waals surface area (Å²) in [5, 5.41) is 12.2. The molecule has 0 saturated carbocycles. The van der Waals surface area contributed by atoms with Crippen LogP contribution in [-0.4, -0.2) is 30.3 Å². The number of amides is 1. The molecule has 0 aromatic heterocycles. The van der Waals surface area contributed by atoms with Crippen LogP contribution >= 0.6 is 0 Å². The maximum atomic E-state index is 11.6. The van der Waals surface area contributed by atoms with Crippen LogP contribution in [0.25, 0.3) is 0 Å². The summed E-state index contributed by atoms with van der Waals surface area (Å²) in [6.07, 6.45) is 1.11. The van der Waals surface area contributed by atoms with E-state index in [2.05, 4.69) is 5.32 Å². The highest BCUT2D eigenvalue weighted by molar-refractivity contribution is 5.77. The van der Waals surface area contributed by atoms with E-state index >= 15 is 0 Å². The summed E-state index contributed by atoms with van der Waals surface area (Å²) < 4.78 is 5.45. The Labute approximate surface area is 114 Å². The summed E-state index contributed by atoms with van der Waals surface area (Å²) in [5.74, 6) is 0.505. The Balaban J connectivity index is 2.33. The van der Waals surface area contributed by atoms with Crippen molar-refractivity contribution in [2.24, 2.45) is 0 Å². The molecule has 1 aromatic carbocycles. The van der Waals surface area contributed by atoms with Crippen LogP contribution in [0, 0.1) is 13.8 Å². The zero-order chi connectivity index (χ0) is 14.3. The molecular weight excluding hydrogens is 242 g/mol. The standard InChI is InChI=1S/C15H23NO3/c1-4-5-13(17)9-16-15(18)10-19-14-7-6-11(2)8-12(14)3/h6-8,13,17H,4-5,9-10H2,1-3H3,(H,16,18). The highest BCUT2D eigenvalue weighted by Crippen LogP contribution is 2.18. The number of ether oxygens (including phenoxy) is 1. The largest absolute Gasteiger partial charge is 0.484 e. The average Bonchev–Trinajstić information content (AvgIpc) is 2.35. The van der Waals surface area contributed by atoms with Crippen molar-refractivity contribution in [1.29, 1.82) is 0 Å². The first-order valence-corrected chi connectivity index (χ1v) is 6.67. The molecule has 1 amide bonds. The molecule has 0 saturated heterocycles. The second-order valence-corrected chi connectivity index (χ2v) is 4.80. The number of hydrogen-bond acceptors (Lipinski definition) is 3. The lowest BCUT2D eigenvalue weighted by molar-refractivity contribution is -0.123. The topological polar surface area (TPSA) is 58.6 Å². The van der Waals surface area contributed by atoms with E-state index in [0.717, 1.165) is 23.3 Å². The number of aryl methyl sites for hydroxylation is 2. The van der Waals surface area contributed by atoms with Crippen LogP contribution in [0.3, 0.4) is 0 Å². The van der Waals surface area contributed by atoms with Crippen LogP contribution in [-0.2, 0) is 4.79 Å². The average molecular weight is 265 g/mol. The van der Waals surface area contributed by atoms with E-state index in [4.69, 9.17) is 4.74 Å². The number of rotatable bonds is 7. The van der Waals surface area contributed by atoms with Crippen LogP contribution < -0.4 is 10.1 Å². The normalized spacial score (nSPS) is 12.0. The Hall–Kier alpha value is -1.55. The molecule has 0 heterocycles. The molecule has 0 aliphatic heterocycles. The van der Waals surface area contributed by atoms with Gasteiger partial charge in [-0.05, 0) is 31.9 Å². The van der Waals surface area contributed by atoms with E-state index in [-0.39, 0.29) is 19.1 Å². The van der Waals surface area contributed by atoms with Crippen molar-refractivity contribution in [1.82, 2.24) is 5.32 Å². The van der Waals surface area contributed by atoms with E-state index in [1.54, 1.807) is 0 Å². The van der Waals surface area contributed by atoms with Gasteiger partial charge in [0.2, 0.25) is 0 Å². The lowest BCUT2D eigenvalue weighted by Gasteiger charge is -2.12. The van der Waals surface area contributed by atoms with Crippen molar-refractivity contribution in [3.05, 3.63) is 29.3 Å². The molecule has 0 aliphatic rings. The number of aliphatic hydroxyl groups is 1. The first-order valence-electron chi connectivity index (χ1n) is 6.67. The van der Waals surface area contributed by atoms with Gasteiger partial charge >= 0.3 is 0 Å². The van der Waals surface area contributed by atoms with Crippen LogP contribution in [0.4, 0.5) is 0 Å². The van der Waals surface area contributed by atoms with Gasteiger partial charge in [0, 0.05) is 6.54 Å². The smallest absolute Gasteiger partial charge is 0.258 e. The summed E-state index contributed by atoms with van der Waals surface area (Å²) >= 11 is 0. The Bertz CT molecular complexity index is 418. The SMILES string of the molecule is CCCC(O)CNC(=O)COc1ccc(C)cc1C. The maximum Gasteiger partial charge on any atom is 0.258 e. The zero-order valence-electron chi connectivity index (χ0n) is 11.9. The summed E-state index contributed by atoms with van der Waals surface area (Å²) in [6, 6.07) is 5.83. The van der Waals surface area contributed by atoms with Crippen molar-refractivity contribution in [3.8, 4) is 5.75 Å². The fraction of sp³-hybridized carbons (Fsp3) is 0.533. The Morgan fingerprint density at radius 3 is 2.79 bits per heavy atom. The molecule has 106 valence electrons. The monoisotopic (exact) mass is 265 g/mol. The minimum Gasteiger partial charge on any atom is -0.484 e. The van der Waals surface area contributed by atoms with Gasteiger partial charge in [0.25, 0.3) is 5.91 Å². The Morgan fingerprint density at radius 2 is 2.16 bits per heavy atom. The fourth-order valence-corrected chi connectivity index (χ4v) is 1.82. The first kappa shape index (κ1) is 15.5. The van der Waals surface area contributed by atoms with Gasteiger partial charge in [0.15, 0.2) is 6.61 Å². The van der Waals surface area contributed by atoms with Crippen LogP contribution in [0.15, 0.2) is 18.2 Å². The molecule has 0 fully saturated rings. The third-order valence-electron chi connectivity index (χ3n) is 2.85. The van der Waals surface area contributed by atoms with E-state index < -0.39 is 6.10 Å². The number of benzene rings is 1. The van der Waals surface area contributed by atoms with Gasteiger partial charge in [-0.15, -0.1) is 0 Å². The second-order valence-electron chi connectivity index (χ2n) is 4.80. The predicted molar refractivity (Wildman–Crippen MR) is 75.3 cm³/mol. The number of nitrogens with one attached hydrogen (secondary N) is 1. The summed E-state index contributed by atoms with van der Waals surface area (Å²) in [6.45, 7) is 6.21. The summed E-state index contributed by atoms with van der Waals surface area (Å²) in [5.41, 5.74) is 2.18. The first-order chi connectivity index (χ1) is 9.02. The molecule has 4 heteroatoms. The minimum atomic E-state index is -0.477. The minimum absolute atomic E-state index is 0.0251. The maximum absolute atomic E-state index is 11.6. The fourth-order valence-electron chi connectivity index (χ4n) is 1.82. The zero-order valence-corrected chi connectivity index (χ0v) is 11.9. The number of aliphatic hydroxyl groups excluding tert-OH is 1. The van der Waals surface area contributed by atoms with Crippen LogP contribution in [0.1, 0.15) is 30.9 Å². The molecular formula is C15H23NO3. The molecule has 0 spiro atoms. The third-order valence-corrected chi connectivity index (χ3v) is 2.85. The highest BCUT2D eigenvalue weighted by atomic mass is 16.5. The van der Waals surface area contributed by atoms with Gasteiger partial charge < -0.3 is 15.2 Å². The van der Waals surface area contributed by atoms with Crippen molar-refractivity contribution < 1.29 is 14.6 Å². The third kappa shape index (κ3) is 5.75. The van der Waals surface area contributed by atoms with E-state index in [0.29, 0.717) is 6.42 Å². The molecule has 0 radical (unpaired) electrons. The predicted octanol–water partition coefficient (Wildman–Crippen LogP) is 1.96. The van der Waals surface area contributed by atoms with Crippen molar-refractivity contribution in [2.45, 2.75) is 39.7 Å². The van der Waals surface area contributed by atoms with E-state index in [1.807, 2.05) is 39.0 Å². The molecule has 0 bridgehead atoms. The van der Waals surface area contributed by atoms with Crippen LogP contribution in [0.2, 0.25) is 0 Å². The molecule has 1 atom stereocenters. The van der Waals surface area contributed by atoms with Crippen molar-refractivity contribution >= 4 is 5.91 Å². The lowest BCUT2D eigenvalue weighted by atomic mass is 10.1. The van der Waals surface area contributed by atoms with Gasteiger partial charge in [-0.1, -0.05) is 31.0 Å². The summed E-state index contributed by atoms with van der Waals surface area (Å²) in [7, 11) is 0. The molecule has 4 nitrogen and oxygen atoms in total. The number of carbonyl (C=O) groups is 1. The molecule has 1 aromatic rings. The number of hydrogen-bond donors (Lipinski definition) is 2. The Kier molecular flexibility index (Phi) is 6.36. The van der Waals surface area contributed by atoms with Gasteiger partial charge in [-0.2, -0.15) is 0 Å². The molecule has 1 unspecified atom stereocenters. The van der Waals surface area contributed by atoms with Crippen LogP contribution in [0.5, 0.6) is 5.75 Å². The second kappa shape index (κ2) is 7.79. The van der Waals surface area contributed by atoms with Gasteiger partial charge in [-0.25, -0.2) is 0 Å². The molecule has 1 rings (SSSR count). The van der Waals surface area contributed by atoms with E-state index in [1.165, 1.54) is 0 Å². The van der Waals surface area contributed by atoms with Gasteiger partial charge in [0.05, 0.1) is 6.10 Å². The highest BCUT2D eigenvalue weighted by Gasteiger charge is 2.07. The Morgan fingerprint density at radius 1 is 1.42 bits per heavy atom. The molecule has 0 aliphatic carbocycles.